The summed E-state index contributed by atoms with van der Waals surface area (Å²) in [6, 6.07) is 5.48. The summed E-state index contributed by atoms with van der Waals surface area (Å²) in [5.74, 6) is -0.902. The van der Waals surface area contributed by atoms with Gasteiger partial charge in [0.1, 0.15) is 17.0 Å². The van der Waals surface area contributed by atoms with E-state index < -0.39 is 5.82 Å². The van der Waals surface area contributed by atoms with E-state index in [1.807, 2.05) is 0 Å². The van der Waals surface area contributed by atoms with Gasteiger partial charge in [0.05, 0.1) is 16.3 Å². The first kappa shape index (κ1) is 18.5. The van der Waals surface area contributed by atoms with Crippen molar-refractivity contribution in [3.05, 3.63) is 57.3 Å². The highest BCUT2D eigenvalue weighted by Crippen LogP contribution is 2.24. The molecule has 3 heterocycles. The number of rotatable bonds is 3. The number of carbonyl (C=O) groups is 2. The maximum absolute atomic E-state index is 13.2. The molecule has 144 valence electrons. The van der Waals surface area contributed by atoms with Crippen LogP contribution in [0.5, 0.6) is 0 Å². The van der Waals surface area contributed by atoms with Crippen LogP contribution in [0.3, 0.4) is 0 Å². The van der Waals surface area contributed by atoms with Crippen molar-refractivity contribution in [1.82, 2.24) is 30.0 Å². The van der Waals surface area contributed by atoms with E-state index in [4.69, 9.17) is 11.6 Å². The molecule has 1 aliphatic rings. The fraction of sp³-hybridized carbons (Fsp3) is 0.235. The van der Waals surface area contributed by atoms with Crippen molar-refractivity contribution in [2.24, 2.45) is 0 Å². The molecule has 8 nitrogen and oxygen atoms in total. The van der Waals surface area contributed by atoms with Crippen LogP contribution in [0.4, 0.5) is 4.39 Å². The van der Waals surface area contributed by atoms with Crippen molar-refractivity contribution in [1.29, 1.82) is 0 Å². The molecule has 1 fully saturated rings. The zero-order chi connectivity index (χ0) is 19.7. The Hall–Kier alpha value is -2.85. The third-order valence-corrected chi connectivity index (χ3v) is 5.65. The molecule has 1 aliphatic heterocycles. The van der Waals surface area contributed by atoms with Crippen molar-refractivity contribution >= 4 is 34.8 Å². The summed E-state index contributed by atoms with van der Waals surface area (Å²) in [5, 5.41) is 12.9. The molecule has 0 aliphatic carbocycles. The van der Waals surface area contributed by atoms with Gasteiger partial charge >= 0.3 is 0 Å². The third-order valence-electron chi connectivity index (χ3n) is 4.45. The molecule has 0 bridgehead atoms. The topological polar surface area (TPSA) is 84.2 Å². The third kappa shape index (κ3) is 3.48. The molecule has 0 saturated carbocycles. The Morgan fingerprint density at radius 3 is 2.43 bits per heavy atom. The average Bonchev–Trinajstić information content (AvgIpc) is 3.38. The Balaban J connectivity index is 1.44. The summed E-state index contributed by atoms with van der Waals surface area (Å²) < 4.78 is 14.6. The van der Waals surface area contributed by atoms with E-state index in [0.29, 0.717) is 36.7 Å². The fourth-order valence-electron chi connectivity index (χ4n) is 3.00. The Bertz CT molecular complexity index is 1020. The number of amides is 2. The molecular formula is C17H14ClFN6O2S. The molecule has 0 spiro atoms. The second-order valence-corrected chi connectivity index (χ2v) is 7.42. The van der Waals surface area contributed by atoms with Gasteiger partial charge < -0.3 is 9.80 Å². The van der Waals surface area contributed by atoms with Crippen molar-refractivity contribution in [3.8, 4) is 5.69 Å². The first-order valence-corrected chi connectivity index (χ1v) is 9.65. The van der Waals surface area contributed by atoms with Crippen LogP contribution in [0.25, 0.3) is 5.69 Å². The number of piperazine rings is 1. The zero-order valence-corrected chi connectivity index (χ0v) is 16.0. The predicted molar refractivity (Wildman–Crippen MR) is 100 cm³/mol. The van der Waals surface area contributed by atoms with Gasteiger partial charge in [-0.2, -0.15) is 4.68 Å². The number of nitrogens with zero attached hydrogens (tertiary/aromatic N) is 6. The van der Waals surface area contributed by atoms with E-state index >= 15 is 0 Å². The summed E-state index contributed by atoms with van der Waals surface area (Å²) in [5.41, 5.74) is 0.874. The van der Waals surface area contributed by atoms with Gasteiger partial charge in [-0.1, -0.05) is 11.6 Å². The van der Waals surface area contributed by atoms with Crippen LogP contribution in [-0.4, -0.2) is 68.0 Å². The SMILES string of the molecule is O=C(c1ccc(F)cc1Cl)N1CCN(C(=O)c2sccc2-n2cnnn2)CC1. The van der Waals surface area contributed by atoms with Crippen molar-refractivity contribution < 1.29 is 14.0 Å². The van der Waals surface area contributed by atoms with Gasteiger partial charge in [0.25, 0.3) is 11.8 Å². The van der Waals surface area contributed by atoms with Crippen LogP contribution < -0.4 is 0 Å². The van der Waals surface area contributed by atoms with Crippen LogP contribution in [-0.2, 0) is 0 Å². The molecule has 3 aromatic rings. The number of halogens is 2. The quantitative estimate of drug-likeness (QED) is 0.648. The Labute approximate surface area is 168 Å². The summed E-state index contributed by atoms with van der Waals surface area (Å²) in [7, 11) is 0. The molecule has 4 rings (SSSR count). The van der Waals surface area contributed by atoms with Crippen LogP contribution in [0, 0.1) is 5.82 Å². The second kappa shape index (κ2) is 7.64. The number of tetrazole rings is 1. The molecular weight excluding hydrogens is 407 g/mol. The Kier molecular flexibility index (Phi) is 5.05. The van der Waals surface area contributed by atoms with Gasteiger partial charge in [-0.15, -0.1) is 16.4 Å². The highest BCUT2D eigenvalue weighted by Gasteiger charge is 2.28. The number of hydrogen-bond donors (Lipinski definition) is 0. The summed E-state index contributed by atoms with van der Waals surface area (Å²) in [6.45, 7) is 1.50. The molecule has 1 saturated heterocycles. The summed E-state index contributed by atoms with van der Waals surface area (Å²) >= 11 is 7.30. The number of thiophene rings is 1. The first-order chi connectivity index (χ1) is 13.5. The summed E-state index contributed by atoms with van der Waals surface area (Å²) in [6.07, 6.45) is 1.43. The van der Waals surface area contributed by atoms with Crippen molar-refractivity contribution in [3.63, 3.8) is 0 Å². The van der Waals surface area contributed by atoms with Gasteiger partial charge in [0.2, 0.25) is 0 Å². The lowest BCUT2D eigenvalue weighted by Crippen LogP contribution is -2.50. The van der Waals surface area contributed by atoms with E-state index in [1.165, 1.54) is 34.5 Å². The van der Waals surface area contributed by atoms with Crippen LogP contribution in [0.2, 0.25) is 5.02 Å². The normalized spacial score (nSPS) is 14.4. The Morgan fingerprint density at radius 1 is 1.07 bits per heavy atom. The fourth-order valence-corrected chi connectivity index (χ4v) is 4.10. The van der Waals surface area contributed by atoms with E-state index in [9.17, 15) is 14.0 Å². The largest absolute Gasteiger partial charge is 0.335 e. The Morgan fingerprint density at radius 2 is 1.79 bits per heavy atom. The maximum Gasteiger partial charge on any atom is 0.266 e. The van der Waals surface area contributed by atoms with E-state index in [2.05, 4.69) is 15.5 Å². The second-order valence-electron chi connectivity index (χ2n) is 6.10. The highest BCUT2D eigenvalue weighted by molar-refractivity contribution is 7.12. The molecule has 11 heteroatoms. The first-order valence-electron chi connectivity index (χ1n) is 8.39. The smallest absolute Gasteiger partial charge is 0.266 e. The van der Waals surface area contributed by atoms with Gasteiger partial charge in [0.15, 0.2) is 0 Å². The predicted octanol–water partition coefficient (Wildman–Crippen LogP) is 2.11. The lowest BCUT2D eigenvalue weighted by atomic mass is 10.1. The minimum Gasteiger partial charge on any atom is -0.335 e. The van der Waals surface area contributed by atoms with E-state index in [1.54, 1.807) is 21.2 Å². The van der Waals surface area contributed by atoms with Crippen LogP contribution >= 0.6 is 22.9 Å². The lowest BCUT2D eigenvalue weighted by Gasteiger charge is -2.34. The van der Waals surface area contributed by atoms with Gasteiger partial charge in [-0.05, 0) is 40.1 Å². The molecule has 0 N–H and O–H groups in total. The number of aromatic nitrogens is 4. The monoisotopic (exact) mass is 420 g/mol. The van der Waals surface area contributed by atoms with E-state index in [-0.39, 0.29) is 22.4 Å². The molecule has 0 atom stereocenters. The minimum absolute atomic E-state index is 0.0770. The number of carbonyl (C=O) groups excluding carboxylic acids is 2. The number of hydrogen-bond acceptors (Lipinski definition) is 6. The maximum atomic E-state index is 13.2. The van der Waals surface area contributed by atoms with E-state index in [0.717, 1.165) is 6.07 Å². The van der Waals surface area contributed by atoms with Crippen LogP contribution in [0.1, 0.15) is 20.0 Å². The van der Waals surface area contributed by atoms with Crippen molar-refractivity contribution in [2.75, 3.05) is 26.2 Å². The van der Waals surface area contributed by atoms with Gasteiger partial charge in [-0.3, -0.25) is 9.59 Å². The lowest BCUT2D eigenvalue weighted by molar-refractivity contribution is 0.0538. The summed E-state index contributed by atoms with van der Waals surface area (Å²) in [4.78, 5) is 29.4. The van der Waals surface area contributed by atoms with Crippen LogP contribution in [0.15, 0.2) is 36.0 Å². The molecule has 2 aromatic heterocycles. The zero-order valence-electron chi connectivity index (χ0n) is 14.5. The molecule has 2 amide bonds. The minimum atomic E-state index is -0.494. The molecule has 0 unspecified atom stereocenters. The molecule has 1 aromatic carbocycles. The van der Waals surface area contributed by atoms with Gasteiger partial charge in [-0.25, -0.2) is 4.39 Å². The average molecular weight is 421 g/mol. The number of benzene rings is 1. The van der Waals surface area contributed by atoms with Crippen molar-refractivity contribution in [2.45, 2.75) is 0 Å². The standard InChI is InChI=1S/C17H14ClFN6O2S/c18-13-9-11(19)1-2-12(13)16(26)23-4-6-24(7-5-23)17(27)15-14(3-8-28-15)25-10-20-21-22-25/h1-3,8-10H,4-7H2. The molecule has 0 radical (unpaired) electrons. The van der Waals surface area contributed by atoms with Gasteiger partial charge in [0, 0.05) is 26.2 Å². The highest BCUT2D eigenvalue weighted by atomic mass is 35.5. The molecule has 28 heavy (non-hydrogen) atoms.